The Bertz CT molecular complexity index is 1260. The van der Waals surface area contributed by atoms with Crippen LogP contribution >= 0.6 is 23.2 Å². The molecule has 14 nitrogen and oxygen atoms in total. The van der Waals surface area contributed by atoms with E-state index < -0.39 is 0 Å². The first kappa shape index (κ1) is 27.1. The molecule has 6 rings (SSSR count). The van der Waals surface area contributed by atoms with Gasteiger partial charge in [0, 0.05) is 37.9 Å². The molecule has 0 saturated carbocycles. The number of aromatic nitrogens is 6. The topological polar surface area (TPSA) is 185 Å². The quantitative estimate of drug-likeness (QED) is 0.260. The normalized spacial score (nSPS) is 28.5. The maximum atomic E-state index is 9.29. The van der Waals surface area contributed by atoms with Gasteiger partial charge in [0.05, 0.1) is 38.1 Å². The van der Waals surface area contributed by atoms with Gasteiger partial charge in [-0.15, -0.1) is 0 Å². The summed E-state index contributed by atoms with van der Waals surface area (Å²) in [7, 11) is 0. The van der Waals surface area contributed by atoms with E-state index in [1.807, 2.05) is 4.57 Å². The highest BCUT2D eigenvalue weighted by Gasteiger charge is 2.37. The van der Waals surface area contributed by atoms with E-state index in [0.717, 1.165) is 5.82 Å². The van der Waals surface area contributed by atoms with E-state index >= 15 is 0 Å². The zero-order valence-electron chi connectivity index (χ0n) is 20.1. The molecule has 3 aromatic rings. The molecular formula is C22H28Cl2N8O6. The number of nitrogens with one attached hydrogen (secondary N) is 1. The van der Waals surface area contributed by atoms with Gasteiger partial charge in [-0.2, -0.15) is 0 Å². The second kappa shape index (κ2) is 11.8. The number of hydrogen-bond acceptors (Lipinski definition) is 12. The summed E-state index contributed by atoms with van der Waals surface area (Å²) < 4.78 is 15.1. The van der Waals surface area contributed by atoms with Crippen molar-refractivity contribution in [3.05, 3.63) is 29.8 Å². The highest BCUT2D eigenvalue weighted by atomic mass is 35.5. The Kier molecular flexibility index (Phi) is 8.40. The number of aliphatic hydroxyl groups excluding tert-OH is 4. The van der Waals surface area contributed by atoms with Gasteiger partial charge in [0.1, 0.15) is 42.5 Å². The smallest absolute Gasteiger partial charge is 0.166 e. The number of aliphatic imine (C=N–C) groups is 1. The molecule has 2 fully saturated rings. The van der Waals surface area contributed by atoms with Crippen molar-refractivity contribution in [2.45, 2.75) is 37.5 Å². The molecule has 38 heavy (non-hydrogen) atoms. The van der Waals surface area contributed by atoms with Crippen molar-refractivity contribution in [2.75, 3.05) is 38.4 Å². The molecule has 16 heteroatoms. The summed E-state index contributed by atoms with van der Waals surface area (Å²) in [6.07, 6.45) is 4.51. The number of halogens is 2. The number of rotatable bonds is 6. The summed E-state index contributed by atoms with van der Waals surface area (Å²) >= 11 is 11.9. The van der Waals surface area contributed by atoms with E-state index in [2.05, 4.69) is 30.2 Å². The average molecular weight is 571 g/mol. The molecule has 206 valence electrons. The van der Waals surface area contributed by atoms with Crippen molar-refractivity contribution < 1.29 is 29.9 Å². The third-order valence-corrected chi connectivity index (χ3v) is 7.52. The molecule has 6 atom stereocenters. The maximum Gasteiger partial charge on any atom is 0.166 e. The molecule has 6 heterocycles. The SMILES string of the molecule is OC[C@H]1C[C@@H](n2cnc3c(Cl)ncnc32)O[C@@H]1CO.OC[C@H]1C[C@H](n2cnc3c2NCN=C3Cl)O[C@@H]1CO. The van der Waals surface area contributed by atoms with Crippen LogP contribution in [0.3, 0.4) is 0 Å². The van der Waals surface area contributed by atoms with Crippen molar-refractivity contribution in [1.82, 2.24) is 29.1 Å². The highest BCUT2D eigenvalue weighted by Crippen LogP contribution is 2.37. The second-order valence-corrected chi connectivity index (χ2v) is 9.82. The molecule has 3 aliphatic rings. The molecule has 0 aliphatic carbocycles. The van der Waals surface area contributed by atoms with Crippen LogP contribution in [0.15, 0.2) is 24.0 Å². The lowest BCUT2D eigenvalue weighted by Crippen LogP contribution is -2.23. The third kappa shape index (κ3) is 5.10. The highest BCUT2D eigenvalue weighted by molar-refractivity contribution is 6.70. The molecule has 0 aromatic carbocycles. The van der Waals surface area contributed by atoms with Crippen LogP contribution in [0.4, 0.5) is 5.82 Å². The summed E-state index contributed by atoms with van der Waals surface area (Å²) in [6.45, 7) is 0.147. The van der Waals surface area contributed by atoms with Crippen LogP contribution in [0.25, 0.3) is 11.2 Å². The van der Waals surface area contributed by atoms with E-state index in [4.69, 9.17) is 32.7 Å². The number of ether oxygens (including phenoxy) is 2. The van der Waals surface area contributed by atoms with Gasteiger partial charge in [0.15, 0.2) is 16.0 Å². The second-order valence-electron chi connectivity index (χ2n) is 9.10. The predicted molar refractivity (Wildman–Crippen MR) is 136 cm³/mol. The minimum absolute atomic E-state index is 0.00570. The molecule has 0 amide bonds. The molecule has 0 radical (unpaired) electrons. The van der Waals surface area contributed by atoms with E-state index in [0.29, 0.717) is 46.7 Å². The first-order valence-electron chi connectivity index (χ1n) is 12.1. The number of fused-ring (bicyclic) bond motifs is 2. The van der Waals surface area contributed by atoms with Crippen molar-refractivity contribution >= 4 is 45.4 Å². The van der Waals surface area contributed by atoms with Gasteiger partial charge in [-0.05, 0) is 0 Å². The summed E-state index contributed by atoms with van der Waals surface area (Å²) in [5, 5.41) is 40.8. The van der Waals surface area contributed by atoms with Gasteiger partial charge in [-0.1, -0.05) is 23.2 Å². The number of aliphatic hydroxyl groups is 4. The van der Waals surface area contributed by atoms with Gasteiger partial charge < -0.3 is 35.2 Å². The molecule has 0 spiro atoms. The maximum absolute atomic E-state index is 9.29. The van der Waals surface area contributed by atoms with Crippen molar-refractivity contribution in [3.8, 4) is 0 Å². The number of anilines is 1. The third-order valence-electron chi connectivity index (χ3n) is 6.94. The predicted octanol–water partition coefficient (Wildman–Crippen LogP) is 0.508. The molecule has 0 unspecified atom stereocenters. The van der Waals surface area contributed by atoms with E-state index in [-0.39, 0.29) is 62.9 Å². The molecule has 3 aromatic heterocycles. The molecule has 2 saturated heterocycles. The molecule has 3 aliphatic heterocycles. The summed E-state index contributed by atoms with van der Waals surface area (Å²) in [5.74, 6) is 0.603. The van der Waals surface area contributed by atoms with E-state index in [1.165, 1.54) is 6.33 Å². The lowest BCUT2D eigenvalue weighted by atomic mass is 10.0. The summed E-state index contributed by atoms with van der Waals surface area (Å²) in [6, 6.07) is 0. The van der Waals surface area contributed by atoms with Crippen LogP contribution in [-0.2, 0) is 9.47 Å². The lowest BCUT2D eigenvalue weighted by molar-refractivity contribution is -0.0340. The minimum atomic E-state index is -0.371. The minimum Gasteiger partial charge on any atom is -0.396 e. The number of hydrogen-bond donors (Lipinski definition) is 5. The van der Waals surface area contributed by atoms with Crippen LogP contribution in [0.5, 0.6) is 0 Å². The lowest BCUT2D eigenvalue weighted by Gasteiger charge is -2.19. The van der Waals surface area contributed by atoms with Crippen LogP contribution in [0.2, 0.25) is 5.15 Å². The summed E-state index contributed by atoms with van der Waals surface area (Å²) in [4.78, 5) is 20.4. The first-order valence-corrected chi connectivity index (χ1v) is 12.8. The van der Waals surface area contributed by atoms with Crippen LogP contribution < -0.4 is 5.32 Å². The van der Waals surface area contributed by atoms with Crippen LogP contribution in [-0.4, -0.2) is 100.0 Å². The molecular weight excluding hydrogens is 543 g/mol. The average Bonchev–Trinajstić information content (AvgIpc) is 3.72. The Labute approximate surface area is 226 Å². The molecule has 0 bridgehead atoms. The van der Waals surface area contributed by atoms with Crippen molar-refractivity contribution in [3.63, 3.8) is 0 Å². The van der Waals surface area contributed by atoms with Crippen molar-refractivity contribution in [1.29, 1.82) is 0 Å². The monoisotopic (exact) mass is 570 g/mol. The van der Waals surface area contributed by atoms with Crippen LogP contribution in [0, 0.1) is 11.8 Å². The molecule has 5 N–H and O–H groups in total. The van der Waals surface area contributed by atoms with E-state index in [1.54, 1.807) is 17.2 Å². The van der Waals surface area contributed by atoms with Crippen LogP contribution in [0.1, 0.15) is 31.0 Å². The zero-order valence-corrected chi connectivity index (χ0v) is 21.6. The van der Waals surface area contributed by atoms with Gasteiger partial charge in [-0.3, -0.25) is 9.13 Å². The van der Waals surface area contributed by atoms with E-state index in [9.17, 15) is 20.4 Å². The van der Waals surface area contributed by atoms with Crippen molar-refractivity contribution in [2.24, 2.45) is 16.8 Å². The Balaban J connectivity index is 0.000000155. The fourth-order valence-corrected chi connectivity index (χ4v) is 5.26. The fraction of sp³-hybridized carbons (Fsp3) is 0.591. The van der Waals surface area contributed by atoms with Gasteiger partial charge in [0.2, 0.25) is 0 Å². The first-order chi connectivity index (χ1) is 18.5. The Morgan fingerprint density at radius 1 is 0.842 bits per heavy atom. The standard InChI is InChI=1S/C11H15ClN4O3.C11H13ClN4O3/c2*12-10-9-11(14-4-13-10)16(5-15-9)8-1-6(2-17)7(3-18)19-8/h5-8,14,17-18H,1-4H2;4-8,17-18H,1-3H2/t6-,7-,8-;6-,7-,8+/m11/s1. The Morgan fingerprint density at radius 2 is 1.47 bits per heavy atom. The van der Waals surface area contributed by atoms with Gasteiger partial charge >= 0.3 is 0 Å². The number of nitrogens with zero attached hydrogens (tertiary/aromatic N) is 7. The Morgan fingerprint density at radius 3 is 2.08 bits per heavy atom. The fourth-order valence-electron chi connectivity index (χ4n) is 4.88. The Hall–Kier alpha value is -2.43. The van der Waals surface area contributed by atoms with Gasteiger partial charge in [0.25, 0.3) is 0 Å². The summed E-state index contributed by atoms with van der Waals surface area (Å²) in [5.41, 5.74) is 1.70. The largest absolute Gasteiger partial charge is 0.396 e. The number of imidazole rings is 2. The zero-order chi connectivity index (χ0) is 26.8. The van der Waals surface area contributed by atoms with Gasteiger partial charge in [-0.25, -0.2) is 24.9 Å².